The van der Waals surface area contributed by atoms with Crippen LogP contribution < -0.4 is 14.2 Å². The molecule has 0 spiro atoms. The largest absolute Gasteiger partial charge is 0.490 e. The Morgan fingerprint density at radius 2 is 1.71 bits per heavy atom. The number of unbranched alkanes of at least 4 members (excludes halogenated alkanes) is 1. The van der Waals surface area contributed by atoms with Crippen LogP contribution >= 0.6 is 0 Å². The number of rotatable bonds is 11. The SMILES string of the molecule is CCCCOc1ccc(CCC(=O)Oc2ccc(C(C)C)cc2)cc1OCC. The van der Waals surface area contributed by atoms with Gasteiger partial charge in [-0.2, -0.15) is 0 Å². The van der Waals surface area contributed by atoms with Crippen molar-refractivity contribution in [2.45, 2.75) is 59.3 Å². The van der Waals surface area contributed by atoms with E-state index in [1.165, 1.54) is 5.56 Å². The average Bonchev–Trinajstić information content (AvgIpc) is 2.68. The molecule has 2 aromatic carbocycles. The van der Waals surface area contributed by atoms with Crippen molar-refractivity contribution in [3.63, 3.8) is 0 Å². The number of esters is 1. The third-order valence-electron chi connectivity index (χ3n) is 4.46. The number of benzene rings is 2. The molecule has 4 heteroatoms. The van der Waals surface area contributed by atoms with Crippen LogP contribution in [0.4, 0.5) is 0 Å². The normalized spacial score (nSPS) is 10.8. The van der Waals surface area contributed by atoms with Crippen LogP contribution in [0.2, 0.25) is 0 Å². The molecule has 0 bridgehead atoms. The fourth-order valence-corrected chi connectivity index (χ4v) is 2.77. The molecule has 0 aliphatic rings. The molecule has 0 radical (unpaired) electrons. The van der Waals surface area contributed by atoms with Gasteiger partial charge in [0.2, 0.25) is 0 Å². The van der Waals surface area contributed by atoms with Crippen LogP contribution in [0.1, 0.15) is 64.0 Å². The second kappa shape index (κ2) is 11.4. The molecule has 0 aromatic heterocycles. The van der Waals surface area contributed by atoms with Gasteiger partial charge in [0.1, 0.15) is 5.75 Å². The van der Waals surface area contributed by atoms with E-state index in [1.807, 2.05) is 49.4 Å². The highest BCUT2D eigenvalue weighted by Crippen LogP contribution is 2.29. The van der Waals surface area contributed by atoms with E-state index in [0.717, 1.165) is 29.9 Å². The summed E-state index contributed by atoms with van der Waals surface area (Å²) in [5, 5.41) is 0. The van der Waals surface area contributed by atoms with Crippen molar-refractivity contribution in [1.82, 2.24) is 0 Å². The maximum atomic E-state index is 12.2. The summed E-state index contributed by atoms with van der Waals surface area (Å²) >= 11 is 0. The number of ether oxygens (including phenoxy) is 3. The summed E-state index contributed by atoms with van der Waals surface area (Å²) in [5.41, 5.74) is 2.25. The Labute approximate surface area is 168 Å². The van der Waals surface area contributed by atoms with Crippen molar-refractivity contribution in [2.24, 2.45) is 0 Å². The zero-order valence-electron chi connectivity index (χ0n) is 17.5. The van der Waals surface area contributed by atoms with Crippen LogP contribution in [0.5, 0.6) is 17.2 Å². The number of hydrogen-bond acceptors (Lipinski definition) is 4. The minimum absolute atomic E-state index is 0.237. The third kappa shape index (κ3) is 6.91. The average molecular weight is 385 g/mol. The van der Waals surface area contributed by atoms with Crippen molar-refractivity contribution in [1.29, 1.82) is 0 Å². The third-order valence-corrected chi connectivity index (χ3v) is 4.46. The minimum atomic E-state index is -0.237. The summed E-state index contributed by atoms with van der Waals surface area (Å²) in [6, 6.07) is 13.6. The van der Waals surface area contributed by atoms with Crippen molar-refractivity contribution in [3.8, 4) is 17.2 Å². The molecule has 0 unspecified atom stereocenters. The van der Waals surface area contributed by atoms with Crippen LogP contribution in [-0.4, -0.2) is 19.2 Å². The fraction of sp³-hybridized carbons (Fsp3) is 0.458. The summed E-state index contributed by atoms with van der Waals surface area (Å²) < 4.78 is 16.9. The Balaban J connectivity index is 1.91. The molecule has 2 rings (SSSR count). The maximum Gasteiger partial charge on any atom is 0.311 e. The predicted molar refractivity (Wildman–Crippen MR) is 113 cm³/mol. The summed E-state index contributed by atoms with van der Waals surface area (Å²) in [6.07, 6.45) is 3.01. The van der Waals surface area contributed by atoms with Crippen molar-refractivity contribution < 1.29 is 19.0 Å². The van der Waals surface area contributed by atoms with E-state index in [0.29, 0.717) is 37.7 Å². The van der Waals surface area contributed by atoms with Gasteiger partial charge in [-0.3, -0.25) is 4.79 Å². The van der Waals surface area contributed by atoms with E-state index in [1.54, 1.807) is 0 Å². The van der Waals surface area contributed by atoms with Crippen molar-refractivity contribution in [2.75, 3.05) is 13.2 Å². The first-order valence-electron chi connectivity index (χ1n) is 10.2. The molecule has 0 aliphatic heterocycles. The summed E-state index contributed by atoms with van der Waals surface area (Å²) in [5.74, 6) is 2.29. The Morgan fingerprint density at radius 1 is 0.964 bits per heavy atom. The van der Waals surface area contributed by atoms with Gasteiger partial charge >= 0.3 is 5.97 Å². The van der Waals surface area contributed by atoms with Crippen molar-refractivity contribution >= 4 is 5.97 Å². The van der Waals surface area contributed by atoms with Gasteiger partial charge in [0.15, 0.2) is 11.5 Å². The summed E-state index contributed by atoms with van der Waals surface area (Å²) in [7, 11) is 0. The minimum Gasteiger partial charge on any atom is -0.490 e. The molecule has 0 heterocycles. The molecule has 0 amide bonds. The van der Waals surface area contributed by atoms with Gasteiger partial charge in [0.25, 0.3) is 0 Å². The maximum absolute atomic E-state index is 12.2. The van der Waals surface area contributed by atoms with E-state index < -0.39 is 0 Å². The van der Waals surface area contributed by atoms with Crippen LogP contribution in [0.25, 0.3) is 0 Å². The van der Waals surface area contributed by atoms with Crippen LogP contribution in [0.3, 0.4) is 0 Å². The fourth-order valence-electron chi connectivity index (χ4n) is 2.77. The molecular weight excluding hydrogens is 352 g/mol. The summed E-state index contributed by atoms with van der Waals surface area (Å²) in [4.78, 5) is 12.2. The summed E-state index contributed by atoms with van der Waals surface area (Å²) in [6.45, 7) is 9.60. The lowest BCUT2D eigenvalue weighted by molar-refractivity contribution is -0.134. The Hall–Kier alpha value is -2.49. The second-order valence-corrected chi connectivity index (χ2v) is 7.11. The Morgan fingerprint density at radius 3 is 2.36 bits per heavy atom. The van der Waals surface area contributed by atoms with E-state index >= 15 is 0 Å². The molecule has 152 valence electrons. The molecule has 28 heavy (non-hydrogen) atoms. The predicted octanol–water partition coefficient (Wildman–Crippen LogP) is 5.93. The highest BCUT2D eigenvalue weighted by atomic mass is 16.5. The molecule has 0 saturated carbocycles. The number of hydrogen-bond donors (Lipinski definition) is 0. The molecule has 0 saturated heterocycles. The van der Waals surface area contributed by atoms with Gasteiger partial charge in [-0.1, -0.05) is 45.4 Å². The standard InChI is InChI=1S/C24H32O4/c1-5-7-16-27-22-14-8-19(17-23(22)26-6-2)9-15-24(25)28-21-12-10-20(11-13-21)18(3)4/h8,10-14,17-18H,5-7,9,15-16H2,1-4H3. The lowest BCUT2D eigenvalue weighted by Crippen LogP contribution is -2.09. The molecule has 0 atom stereocenters. The highest BCUT2D eigenvalue weighted by molar-refractivity contribution is 5.72. The van der Waals surface area contributed by atoms with Crippen LogP contribution in [-0.2, 0) is 11.2 Å². The molecular formula is C24H32O4. The van der Waals surface area contributed by atoms with Gasteiger partial charge in [-0.15, -0.1) is 0 Å². The molecule has 0 fully saturated rings. The number of carbonyl (C=O) groups is 1. The molecule has 2 aromatic rings. The lowest BCUT2D eigenvalue weighted by Gasteiger charge is -2.13. The first kappa shape index (κ1) is 21.8. The number of carbonyl (C=O) groups excluding carboxylic acids is 1. The first-order valence-corrected chi connectivity index (χ1v) is 10.2. The Bertz CT molecular complexity index is 735. The van der Waals surface area contributed by atoms with Gasteiger partial charge in [-0.05, 0) is 61.1 Å². The second-order valence-electron chi connectivity index (χ2n) is 7.11. The smallest absolute Gasteiger partial charge is 0.311 e. The Kier molecular flexibility index (Phi) is 8.86. The zero-order chi connectivity index (χ0) is 20.4. The first-order chi connectivity index (χ1) is 13.5. The molecule has 0 aliphatic carbocycles. The van der Waals surface area contributed by atoms with E-state index in [-0.39, 0.29) is 5.97 Å². The van der Waals surface area contributed by atoms with E-state index in [2.05, 4.69) is 20.8 Å². The van der Waals surface area contributed by atoms with Crippen molar-refractivity contribution in [3.05, 3.63) is 53.6 Å². The quantitative estimate of drug-likeness (QED) is 0.274. The highest BCUT2D eigenvalue weighted by Gasteiger charge is 2.10. The molecule has 4 nitrogen and oxygen atoms in total. The van der Waals surface area contributed by atoms with Gasteiger partial charge in [-0.25, -0.2) is 0 Å². The van der Waals surface area contributed by atoms with Gasteiger partial charge in [0, 0.05) is 6.42 Å². The lowest BCUT2D eigenvalue weighted by atomic mass is 10.0. The van der Waals surface area contributed by atoms with Crippen LogP contribution in [0, 0.1) is 0 Å². The van der Waals surface area contributed by atoms with E-state index in [4.69, 9.17) is 14.2 Å². The van der Waals surface area contributed by atoms with Crippen LogP contribution in [0.15, 0.2) is 42.5 Å². The van der Waals surface area contributed by atoms with E-state index in [9.17, 15) is 4.79 Å². The number of aryl methyl sites for hydroxylation is 1. The zero-order valence-corrected chi connectivity index (χ0v) is 17.5. The van der Waals surface area contributed by atoms with Gasteiger partial charge < -0.3 is 14.2 Å². The monoisotopic (exact) mass is 384 g/mol. The topological polar surface area (TPSA) is 44.8 Å². The molecule has 0 N–H and O–H groups in total. The van der Waals surface area contributed by atoms with Gasteiger partial charge in [0.05, 0.1) is 13.2 Å².